The molecule has 0 aliphatic rings. The summed E-state index contributed by atoms with van der Waals surface area (Å²) in [4.78, 5) is 31.4. The number of carbonyl (C=O) groups excluding carboxylic acids is 1. The van der Waals surface area contributed by atoms with Crippen LogP contribution in [0.4, 0.5) is 4.39 Å². The van der Waals surface area contributed by atoms with Crippen LogP contribution < -0.4 is 5.56 Å². The van der Waals surface area contributed by atoms with Crippen LogP contribution in [0.15, 0.2) is 59.8 Å². The highest BCUT2D eigenvalue weighted by atomic mass is 19.1. The Hall–Kier alpha value is -3.81. The molecule has 0 aliphatic heterocycles. The number of likely N-dealkylation sites (N-methyl/N-ethyl adjacent to an activating group) is 1. The zero-order valence-electron chi connectivity index (χ0n) is 17.5. The maximum atomic E-state index is 13.4. The number of hydrogen-bond donors (Lipinski definition) is 0. The lowest BCUT2D eigenvalue weighted by Crippen LogP contribution is -2.33. The molecular weight excluding hydrogens is 397 g/mol. The van der Waals surface area contributed by atoms with Crippen molar-refractivity contribution < 1.29 is 9.18 Å². The van der Waals surface area contributed by atoms with E-state index in [-0.39, 0.29) is 30.4 Å². The average molecular weight is 419 g/mol. The summed E-state index contributed by atoms with van der Waals surface area (Å²) < 4.78 is 16.3. The number of fused-ring (bicyclic) bond motifs is 1. The SMILES string of the molecule is Cc1cc(C)cc(-n2ncc3c(=O)n(CC(=O)N(C)Cc4cccc(F)c4)cnc32)c1. The van der Waals surface area contributed by atoms with E-state index < -0.39 is 0 Å². The zero-order valence-corrected chi connectivity index (χ0v) is 17.5. The van der Waals surface area contributed by atoms with Gasteiger partial charge in [0.05, 0.1) is 11.9 Å². The Morgan fingerprint density at radius 2 is 1.87 bits per heavy atom. The summed E-state index contributed by atoms with van der Waals surface area (Å²) in [5, 5.41) is 4.67. The molecule has 0 radical (unpaired) electrons. The fourth-order valence-electron chi connectivity index (χ4n) is 3.59. The van der Waals surface area contributed by atoms with E-state index in [4.69, 9.17) is 0 Å². The van der Waals surface area contributed by atoms with Gasteiger partial charge in [-0.2, -0.15) is 5.10 Å². The molecule has 0 unspecified atom stereocenters. The molecule has 0 saturated heterocycles. The summed E-state index contributed by atoms with van der Waals surface area (Å²) in [6, 6.07) is 12.1. The summed E-state index contributed by atoms with van der Waals surface area (Å²) >= 11 is 0. The first-order valence-corrected chi connectivity index (χ1v) is 9.82. The van der Waals surface area contributed by atoms with Crippen LogP contribution in [0, 0.1) is 19.7 Å². The van der Waals surface area contributed by atoms with E-state index in [0.717, 1.165) is 16.8 Å². The summed E-state index contributed by atoms with van der Waals surface area (Å²) in [5.74, 6) is -0.640. The number of hydrogen-bond acceptors (Lipinski definition) is 4. The Balaban J connectivity index is 1.58. The third-order valence-electron chi connectivity index (χ3n) is 5.05. The number of nitrogens with zero attached hydrogens (tertiary/aromatic N) is 5. The van der Waals surface area contributed by atoms with Gasteiger partial charge in [0.25, 0.3) is 5.56 Å². The number of aryl methyl sites for hydroxylation is 2. The number of halogens is 1. The quantitative estimate of drug-likeness (QED) is 0.499. The van der Waals surface area contributed by atoms with Gasteiger partial charge < -0.3 is 4.90 Å². The Morgan fingerprint density at radius 1 is 1.13 bits per heavy atom. The lowest BCUT2D eigenvalue weighted by Gasteiger charge is -2.18. The van der Waals surface area contributed by atoms with Gasteiger partial charge in [-0.3, -0.25) is 14.2 Å². The van der Waals surface area contributed by atoms with Gasteiger partial charge in [0, 0.05) is 13.6 Å². The molecule has 2 aromatic heterocycles. The smallest absolute Gasteiger partial charge is 0.264 e. The van der Waals surface area contributed by atoms with Gasteiger partial charge in [-0.15, -0.1) is 0 Å². The first kappa shape index (κ1) is 20.5. The molecule has 0 saturated carbocycles. The molecule has 0 bridgehead atoms. The molecule has 2 aromatic carbocycles. The maximum absolute atomic E-state index is 13.4. The molecule has 7 nitrogen and oxygen atoms in total. The van der Waals surface area contributed by atoms with Crippen LogP contribution in [0.3, 0.4) is 0 Å². The van der Waals surface area contributed by atoms with Gasteiger partial charge in [0.2, 0.25) is 5.91 Å². The second-order valence-corrected chi connectivity index (χ2v) is 7.70. The molecule has 0 N–H and O–H groups in total. The molecule has 31 heavy (non-hydrogen) atoms. The number of benzene rings is 2. The van der Waals surface area contributed by atoms with Crippen LogP contribution in [0.5, 0.6) is 0 Å². The summed E-state index contributed by atoms with van der Waals surface area (Å²) in [6.45, 7) is 4.07. The van der Waals surface area contributed by atoms with Crippen molar-refractivity contribution in [3.05, 3.63) is 87.9 Å². The first-order valence-electron chi connectivity index (χ1n) is 9.82. The molecule has 2 heterocycles. The third-order valence-corrected chi connectivity index (χ3v) is 5.05. The molecule has 8 heteroatoms. The standard InChI is InChI=1S/C23H22FN5O2/c1-15-7-16(2)9-19(8-15)29-22-20(11-26-29)23(31)28(14-25-22)13-21(30)27(3)12-17-5-4-6-18(24)10-17/h4-11,14H,12-13H2,1-3H3. The van der Waals surface area contributed by atoms with E-state index in [1.807, 2.05) is 26.0 Å². The Kier molecular flexibility index (Phi) is 5.37. The monoisotopic (exact) mass is 419 g/mol. The van der Waals surface area contributed by atoms with Crippen molar-refractivity contribution in [2.45, 2.75) is 26.9 Å². The summed E-state index contributed by atoms with van der Waals surface area (Å²) in [5.41, 5.74) is 3.76. The van der Waals surface area contributed by atoms with Gasteiger partial charge in [-0.05, 0) is 54.8 Å². The van der Waals surface area contributed by atoms with Crippen molar-refractivity contribution in [3.63, 3.8) is 0 Å². The van der Waals surface area contributed by atoms with Crippen molar-refractivity contribution in [1.29, 1.82) is 0 Å². The van der Waals surface area contributed by atoms with E-state index in [1.54, 1.807) is 23.9 Å². The highest BCUT2D eigenvalue weighted by Gasteiger charge is 2.16. The molecule has 0 aliphatic carbocycles. The van der Waals surface area contributed by atoms with Gasteiger partial charge in [-0.25, -0.2) is 14.1 Å². The van der Waals surface area contributed by atoms with Crippen molar-refractivity contribution in [2.75, 3.05) is 7.05 Å². The minimum Gasteiger partial charge on any atom is -0.340 e. The van der Waals surface area contributed by atoms with Gasteiger partial charge >= 0.3 is 0 Å². The fraction of sp³-hybridized carbons (Fsp3) is 0.217. The summed E-state index contributed by atoms with van der Waals surface area (Å²) in [6.07, 6.45) is 2.83. The minimum atomic E-state index is -0.356. The largest absolute Gasteiger partial charge is 0.340 e. The van der Waals surface area contributed by atoms with Crippen molar-refractivity contribution in [2.24, 2.45) is 0 Å². The van der Waals surface area contributed by atoms with Gasteiger partial charge in [0.15, 0.2) is 5.65 Å². The molecule has 158 valence electrons. The van der Waals surface area contributed by atoms with Crippen LogP contribution in [0.2, 0.25) is 0 Å². The van der Waals surface area contributed by atoms with Gasteiger partial charge in [0.1, 0.15) is 24.1 Å². The molecule has 4 rings (SSSR count). The van der Waals surface area contributed by atoms with E-state index in [1.165, 1.54) is 34.1 Å². The Labute approximate surface area is 178 Å². The lowest BCUT2D eigenvalue weighted by atomic mass is 10.1. The highest BCUT2D eigenvalue weighted by Crippen LogP contribution is 2.17. The number of rotatable bonds is 5. The second-order valence-electron chi connectivity index (χ2n) is 7.70. The van der Waals surface area contributed by atoms with Crippen molar-refractivity contribution in [1.82, 2.24) is 24.2 Å². The molecule has 0 spiro atoms. The molecule has 4 aromatic rings. The summed E-state index contributed by atoms with van der Waals surface area (Å²) in [7, 11) is 1.61. The molecule has 1 amide bonds. The Bertz CT molecular complexity index is 1320. The first-order chi connectivity index (χ1) is 14.8. The molecule has 0 fully saturated rings. The van der Waals surface area contributed by atoms with E-state index in [0.29, 0.717) is 16.6 Å². The highest BCUT2D eigenvalue weighted by molar-refractivity contribution is 5.78. The molecule has 0 atom stereocenters. The Morgan fingerprint density at radius 3 is 2.58 bits per heavy atom. The average Bonchev–Trinajstić information content (AvgIpc) is 3.14. The van der Waals surface area contributed by atoms with E-state index >= 15 is 0 Å². The van der Waals surface area contributed by atoms with Crippen LogP contribution in [0.25, 0.3) is 16.7 Å². The number of aromatic nitrogens is 4. The van der Waals surface area contributed by atoms with E-state index in [9.17, 15) is 14.0 Å². The van der Waals surface area contributed by atoms with Crippen LogP contribution >= 0.6 is 0 Å². The van der Waals surface area contributed by atoms with Crippen LogP contribution in [-0.2, 0) is 17.9 Å². The normalized spacial score (nSPS) is 11.1. The predicted molar refractivity (Wildman–Crippen MR) is 115 cm³/mol. The predicted octanol–water partition coefficient (Wildman–Crippen LogP) is 3.00. The topological polar surface area (TPSA) is 73.0 Å². The second kappa shape index (κ2) is 8.14. The number of amides is 1. The van der Waals surface area contributed by atoms with Crippen LogP contribution in [0.1, 0.15) is 16.7 Å². The van der Waals surface area contributed by atoms with Crippen molar-refractivity contribution in [3.8, 4) is 5.69 Å². The molecular formula is C23H22FN5O2. The third kappa shape index (κ3) is 4.23. The lowest BCUT2D eigenvalue weighted by molar-refractivity contribution is -0.131. The minimum absolute atomic E-state index is 0.164. The fourth-order valence-corrected chi connectivity index (χ4v) is 3.59. The van der Waals surface area contributed by atoms with E-state index in [2.05, 4.69) is 16.1 Å². The maximum Gasteiger partial charge on any atom is 0.264 e. The van der Waals surface area contributed by atoms with Gasteiger partial charge in [-0.1, -0.05) is 18.2 Å². The number of carbonyl (C=O) groups is 1. The zero-order chi connectivity index (χ0) is 22.1. The van der Waals surface area contributed by atoms with Crippen LogP contribution in [-0.4, -0.2) is 37.2 Å². The van der Waals surface area contributed by atoms with Crippen molar-refractivity contribution >= 4 is 16.9 Å².